The highest BCUT2D eigenvalue weighted by atomic mass is 19.2. The van der Waals surface area contributed by atoms with Crippen molar-refractivity contribution < 1.29 is 31.4 Å². The van der Waals surface area contributed by atoms with Crippen LogP contribution in [0.4, 0.5) is 26.3 Å². The summed E-state index contributed by atoms with van der Waals surface area (Å²) < 4.78 is 78.9. The third-order valence-corrected chi connectivity index (χ3v) is 2.90. The van der Waals surface area contributed by atoms with Gasteiger partial charge in [0.05, 0.1) is 11.7 Å². The van der Waals surface area contributed by atoms with E-state index >= 15 is 0 Å². The van der Waals surface area contributed by atoms with Crippen molar-refractivity contribution in [3.63, 3.8) is 0 Å². The van der Waals surface area contributed by atoms with Crippen LogP contribution in [-0.2, 0) is 6.42 Å². The molecule has 0 aliphatic heterocycles. The Labute approximate surface area is 115 Å². The van der Waals surface area contributed by atoms with Crippen molar-refractivity contribution in [2.45, 2.75) is 12.5 Å². The Kier molecular flexibility index (Phi) is 4.22. The number of hydrogen-bond acceptors (Lipinski definition) is 1. The first-order chi connectivity index (χ1) is 9.82. The standard InChI is InChI=1S/C14H8F6O/c15-7-3-1-2-6(4-7)5-8(21)9-10(16)12(18)14(20)13(19)11(9)17/h1-4,8,21H,5H2. The topological polar surface area (TPSA) is 20.2 Å². The molecule has 0 saturated heterocycles. The fourth-order valence-electron chi connectivity index (χ4n) is 1.90. The van der Waals surface area contributed by atoms with E-state index in [4.69, 9.17) is 0 Å². The lowest BCUT2D eigenvalue weighted by molar-refractivity contribution is 0.163. The van der Waals surface area contributed by atoms with Gasteiger partial charge in [-0.3, -0.25) is 0 Å². The molecule has 0 aliphatic carbocycles. The second kappa shape index (κ2) is 5.77. The lowest BCUT2D eigenvalue weighted by Crippen LogP contribution is -2.13. The van der Waals surface area contributed by atoms with Gasteiger partial charge in [0.15, 0.2) is 23.3 Å². The van der Waals surface area contributed by atoms with E-state index in [9.17, 15) is 31.4 Å². The molecule has 0 aromatic heterocycles. The van der Waals surface area contributed by atoms with Gasteiger partial charge in [-0.2, -0.15) is 0 Å². The van der Waals surface area contributed by atoms with Gasteiger partial charge < -0.3 is 5.11 Å². The summed E-state index contributed by atoms with van der Waals surface area (Å²) in [7, 11) is 0. The molecule has 0 aliphatic rings. The van der Waals surface area contributed by atoms with Crippen LogP contribution in [0.5, 0.6) is 0 Å². The zero-order valence-corrected chi connectivity index (χ0v) is 10.3. The highest BCUT2D eigenvalue weighted by Crippen LogP contribution is 2.29. The van der Waals surface area contributed by atoms with Gasteiger partial charge in [-0.05, 0) is 17.7 Å². The van der Waals surface area contributed by atoms with Crippen LogP contribution in [0.2, 0.25) is 0 Å². The molecule has 7 heteroatoms. The van der Waals surface area contributed by atoms with Gasteiger partial charge >= 0.3 is 0 Å². The SMILES string of the molecule is OC(Cc1cccc(F)c1)c1c(F)c(F)c(F)c(F)c1F. The van der Waals surface area contributed by atoms with Crippen LogP contribution in [-0.4, -0.2) is 5.11 Å². The number of benzene rings is 2. The quantitative estimate of drug-likeness (QED) is 0.519. The fraction of sp³-hybridized carbons (Fsp3) is 0.143. The molecule has 0 radical (unpaired) electrons. The van der Waals surface area contributed by atoms with Crippen LogP contribution < -0.4 is 0 Å². The number of aliphatic hydroxyl groups excluding tert-OH is 1. The monoisotopic (exact) mass is 306 g/mol. The third-order valence-electron chi connectivity index (χ3n) is 2.90. The summed E-state index contributed by atoms with van der Waals surface area (Å²) in [5, 5.41) is 9.71. The molecule has 0 saturated carbocycles. The first kappa shape index (κ1) is 15.4. The van der Waals surface area contributed by atoms with E-state index in [1.54, 1.807) is 0 Å². The van der Waals surface area contributed by atoms with Gasteiger partial charge in [0.2, 0.25) is 5.82 Å². The highest BCUT2D eigenvalue weighted by molar-refractivity contribution is 5.28. The van der Waals surface area contributed by atoms with Crippen molar-refractivity contribution in [2.75, 3.05) is 0 Å². The summed E-state index contributed by atoms with van der Waals surface area (Å²) in [6.45, 7) is 0. The lowest BCUT2D eigenvalue weighted by Gasteiger charge is -2.14. The van der Waals surface area contributed by atoms with Crippen molar-refractivity contribution in [3.05, 3.63) is 70.3 Å². The first-order valence-electron chi connectivity index (χ1n) is 5.76. The molecule has 0 fully saturated rings. The maximum Gasteiger partial charge on any atom is 0.200 e. The largest absolute Gasteiger partial charge is 0.388 e. The van der Waals surface area contributed by atoms with Crippen LogP contribution in [0.3, 0.4) is 0 Å². The minimum absolute atomic E-state index is 0.145. The number of hydrogen-bond donors (Lipinski definition) is 1. The molecule has 1 N–H and O–H groups in total. The zero-order chi connectivity index (χ0) is 15.7. The minimum atomic E-state index is -2.30. The van der Waals surface area contributed by atoms with Gasteiger partial charge in [0.1, 0.15) is 5.82 Å². The summed E-state index contributed by atoms with van der Waals surface area (Å²) in [4.78, 5) is 0. The van der Waals surface area contributed by atoms with Crippen LogP contribution in [0, 0.1) is 34.9 Å². The van der Waals surface area contributed by atoms with E-state index in [2.05, 4.69) is 0 Å². The van der Waals surface area contributed by atoms with Crippen molar-refractivity contribution >= 4 is 0 Å². The van der Waals surface area contributed by atoms with Gasteiger partial charge in [0, 0.05) is 6.42 Å². The maximum atomic E-state index is 13.5. The Morgan fingerprint density at radius 1 is 0.810 bits per heavy atom. The Bertz CT molecular complexity index is 656. The highest BCUT2D eigenvalue weighted by Gasteiger charge is 2.29. The third kappa shape index (κ3) is 2.87. The van der Waals surface area contributed by atoms with Gasteiger partial charge in [-0.15, -0.1) is 0 Å². The van der Waals surface area contributed by atoms with E-state index in [-0.39, 0.29) is 5.56 Å². The molecule has 112 valence electrons. The summed E-state index contributed by atoms with van der Waals surface area (Å²) >= 11 is 0. The first-order valence-corrected chi connectivity index (χ1v) is 5.76. The van der Waals surface area contributed by atoms with Crippen molar-refractivity contribution in [1.82, 2.24) is 0 Å². The average Bonchev–Trinajstić information content (AvgIpc) is 2.43. The van der Waals surface area contributed by atoms with Crippen LogP contribution in [0.25, 0.3) is 0 Å². The normalized spacial score (nSPS) is 12.5. The molecule has 0 amide bonds. The predicted molar refractivity (Wildman–Crippen MR) is 61.3 cm³/mol. The molecular formula is C14H8F6O. The zero-order valence-electron chi connectivity index (χ0n) is 10.3. The van der Waals surface area contributed by atoms with Crippen LogP contribution in [0.15, 0.2) is 24.3 Å². The maximum absolute atomic E-state index is 13.5. The molecule has 0 spiro atoms. The van der Waals surface area contributed by atoms with Crippen molar-refractivity contribution in [3.8, 4) is 0 Å². The fourth-order valence-corrected chi connectivity index (χ4v) is 1.90. The Hall–Kier alpha value is -2.02. The molecule has 2 rings (SSSR count). The van der Waals surface area contributed by atoms with E-state index in [1.165, 1.54) is 12.1 Å². The van der Waals surface area contributed by atoms with Gasteiger partial charge in [-0.1, -0.05) is 12.1 Å². The van der Waals surface area contributed by atoms with Crippen LogP contribution in [0.1, 0.15) is 17.2 Å². The van der Waals surface area contributed by atoms with E-state index < -0.39 is 53.0 Å². The second-order valence-electron chi connectivity index (χ2n) is 4.33. The summed E-state index contributed by atoms with van der Waals surface area (Å²) in [5.41, 5.74) is -1.19. The summed E-state index contributed by atoms with van der Waals surface area (Å²) in [6.07, 6.45) is -2.51. The Balaban J connectivity index is 2.42. The predicted octanol–water partition coefficient (Wildman–Crippen LogP) is 3.80. The van der Waals surface area contributed by atoms with E-state index in [0.717, 1.165) is 12.1 Å². The Morgan fingerprint density at radius 2 is 1.33 bits per heavy atom. The van der Waals surface area contributed by atoms with Crippen molar-refractivity contribution in [2.24, 2.45) is 0 Å². The summed E-state index contributed by atoms with van der Waals surface area (Å²) in [6, 6.07) is 4.72. The van der Waals surface area contributed by atoms with Gasteiger partial charge in [0.25, 0.3) is 0 Å². The summed E-state index contributed by atoms with van der Waals surface area (Å²) in [5.74, 6) is -11.4. The smallest absolute Gasteiger partial charge is 0.200 e. The number of halogens is 6. The van der Waals surface area contributed by atoms with Crippen molar-refractivity contribution in [1.29, 1.82) is 0 Å². The van der Waals surface area contributed by atoms with E-state index in [1.807, 2.05) is 0 Å². The van der Waals surface area contributed by atoms with Gasteiger partial charge in [-0.25, -0.2) is 26.3 Å². The molecule has 1 atom stereocenters. The minimum Gasteiger partial charge on any atom is -0.388 e. The Morgan fingerprint density at radius 3 is 1.86 bits per heavy atom. The average molecular weight is 306 g/mol. The molecule has 0 heterocycles. The second-order valence-corrected chi connectivity index (χ2v) is 4.33. The molecule has 1 nitrogen and oxygen atoms in total. The molecule has 1 unspecified atom stereocenters. The molecule has 21 heavy (non-hydrogen) atoms. The van der Waals surface area contributed by atoms with Crippen LogP contribution >= 0.6 is 0 Å². The molecular weight excluding hydrogens is 298 g/mol. The lowest BCUT2D eigenvalue weighted by atomic mass is 9.99. The molecule has 2 aromatic carbocycles. The molecule has 0 bridgehead atoms. The number of rotatable bonds is 3. The molecule has 2 aromatic rings. The van der Waals surface area contributed by atoms with E-state index in [0.29, 0.717) is 0 Å². The number of aliphatic hydroxyl groups is 1.